The van der Waals surface area contributed by atoms with Gasteiger partial charge in [-0.2, -0.15) is 4.99 Å². The Balaban J connectivity index is 1.55. The predicted molar refractivity (Wildman–Crippen MR) is 117 cm³/mol. The fourth-order valence-electron chi connectivity index (χ4n) is 4.10. The zero-order valence-corrected chi connectivity index (χ0v) is 16.6. The molecule has 1 saturated carbocycles. The molecule has 0 atom stereocenters. The Bertz CT molecular complexity index is 956. The van der Waals surface area contributed by atoms with Crippen molar-refractivity contribution in [3.63, 3.8) is 0 Å². The van der Waals surface area contributed by atoms with Crippen LogP contribution >= 0.6 is 0 Å². The number of anilines is 2. The molecule has 2 aliphatic rings. The van der Waals surface area contributed by atoms with E-state index in [4.69, 9.17) is 11.5 Å². The van der Waals surface area contributed by atoms with Gasteiger partial charge in [0.1, 0.15) is 5.66 Å². The third-order valence-corrected chi connectivity index (χ3v) is 5.55. The maximum atomic E-state index is 12.5. The van der Waals surface area contributed by atoms with Gasteiger partial charge in [-0.25, -0.2) is 4.99 Å². The smallest absolute Gasteiger partial charge is 0.255 e. The summed E-state index contributed by atoms with van der Waals surface area (Å²) in [5, 5.41) is 2.93. The number of guanidine groups is 2. The van der Waals surface area contributed by atoms with Crippen molar-refractivity contribution in [1.82, 2.24) is 0 Å². The molecule has 0 aromatic heterocycles. The lowest BCUT2D eigenvalue weighted by Crippen LogP contribution is -2.58. The number of rotatable bonds is 3. The number of aryl methyl sites for hydroxylation is 1. The molecule has 1 amide bonds. The first-order valence-electron chi connectivity index (χ1n) is 9.95. The maximum Gasteiger partial charge on any atom is 0.255 e. The molecule has 1 heterocycles. The van der Waals surface area contributed by atoms with Crippen molar-refractivity contribution in [2.75, 3.05) is 10.2 Å². The van der Waals surface area contributed by atoms with E-state index in [1.807, 2.05) is 60.4 Å². The molecular formula is C22H26N6O. The Morgan fingerprint density at radius 2 is 1.66 bits per heavy atom. The lowest BCUT2D eigenvalue weighted by Gasteiger charge is -2.45. The van der Waals surface area contributed by atoms with E-state index < -0.39 is 5.66 Å². The molecule has 0 unspecified atom stereocenters. The molecule has 1 spiro atoms. The highest BCUT2D eigenvalue weighted by Gasteiger charge is 2.42. The quantitative estimate of drug-likeness (QED) is 0.746. The van der Waals surface area contributed by atoms with Gasteiger partial charge in [-0.15, -0.1) is 0 Å². The fourth-order valence-corrected chi connectivity index (χ4v) is 4.10. The fraction of sp³-hybridized carbons (Fsp3) is 0.318. The second-order valence-electron chi connectivity index (χ2n) is 7.69. The van der Waals surface area contributed by atoms with Crippen LogP contribution in [0.3, 0.4) is 0 Å². The van der Waals surface area contributed by atoms with Crippen molar-refractivity contribution in [3.05, 3.63) is 59.7 Å². The number of benzene rings is 2. The van der Waals surface area contributed by atoms with Crippen molar-refractivity contribution in [3.8, 4) is 0 Å². The number of hydrogen-bond donors (Lipinski definition) is 3. The van der Waals surface area contributed by atoms with Crippen LogP contribution in [0.15, 0.2) is 58.5 Å². The summed E-state index contributed by atoms with van der Waals surface area (Å²) in [6, 6.07) is 15.1. The lowest BCUT2D eigenvalue weighted by molar-refractivity contribution is 0.102. The van der Waals surface area contributed by atoms with Crippen LogP contribution < -0.4 is 21.7 Å². The Morgan fingerprint density at radius 1 is 1.00 bits per heavy atom. The van der Waals surface area contributed by atoms with Gasteiger partial charge in [0.05, 0.1) is 0 Å². The summed E-state index contributed by atoms with van der Waals surface area (Å²) >= 11 is 0. The second-order valence-corrected chi connectivity index (χ2v) is 7.69. The van der Waals surface area contributed by atoms with E-state index >= 15 is 0 Å². The van der Waals surface area contributed by atoms with E-state index in [1.165, 1.54) is 6.42 Å². The van der Waals surface area contributed by atoms with Crippen LogP contribution in [0.4, 0.5) is 11.4 Å². The molecule has 2 aromatic carbocycles. The number of aliphatic imine (C=N–C) groups is 2. The first-order valence-corrected chi connectivity index (χ1v) is 9.95. The molecule has 1 aliphatic carbocycles. The Labute approximate surface area is 170 Å². The van der Waals surface area contributed by atoms with Crippen molar-refractivity contribution in [2.24, 2.45) is 21.5 Å². The molecular weight excluding hydrogens is 364 g/mol. The number of amides is 1. The van der Waals surface area contributed by atoms with Crippen LogP contribution in [-0.2, 0) is 0 Å². The van der Waals surface area contributed by atoms with E-state index in [1.54, 1.807) is 0 Å². The van der Waals surface area contributed by atoms with Gasteiger partial charge in [-0.3, -0.25) is 9.69 Å². The van der Waals surface area contributed by atoms with Crippen molar-refractivity contribution in [2.45, 2.75) is 44.7 Å². The molecule has 0 saturated heterocycles. The van der Waals surface area contributed by atoms with E-state index in [0.717, 1.165) is 36.9 Å². The van der Waals surface area contributed by atoms with Crippen LogP contribution in [-0.4, -0.2) is 23.5 Å². The molecule has 7 nitrogen and oxygen atoms in total. The molecule has 7 heteroatoms. The largest absolute Gasteiger partial charge is 0.369 e. The minimum absolute atomic E-state index is 0.141. The number of hydrogen-bond acceptors (Lipinski definition) is 6. The number of nitrogens with zero attached hydrogens (tertiary/aromatic N) is 3. The average molecular weight is 390 g/mol. The van der Waals surface area contributed by atoms with Crippen molar-refractivity contribution < 1.29 is 4.79 Å². The van der Waals surface area contributed by atoms with E-state index in [2.05, 4.69) is 15.3 Å². The Hall–Kier alpha value is -3.35. The molecule has 5 N–H and O–H groups in total. The number of nitrogens with two attached hydrogens (primary N) is 2. The third kappa shape index (κ3) is 3.81. The summed E-state index contributed by atoms with van der Waals surface area (Å²) in [6.07, 6.45) is 5.11. The van der Waals surface area contributed by atoms with Crippen LogP contribution in [0.25, 0.3) is 0 Å². The monoisotopic (exact) mass is 390 g/mol. The van der Waals surface area contributed by atoms with Gasteiger partial charge in [-0.05, 0) is 69.0 Å². The van der Waals surface area contributed by atoms with Crippen molar-refractivity contribution >= 4 is 29.2 Å². The Morgan fingerprint density at radius 3 is 2.31 bits per heavy atom. The van der Waals surface area contributed by atoms with Gasteiger partial charge in [0.15, 0.2) is 0 Å². The van der Waals surface area contributed by atoms with Gasteiger partial charge >= 0.3 is 0 Å². The highest BCUT2D eigenvalue weighted by molar-refractivity contribution is 6.06. The van der Waals surface area contributed by atoms with Crippen LogP contribution in [0, 0.1) is 6.92 Å². The number of carbonyl (C=O) groups is 1. The van der Waals surface area contributed by atoms with E-state index in [9.17, 15) is 4.79 Å². The average Bonchev–Trinajstić information content (AvgIpc) is 2.69. The predicted octanol–water partition coefficient (Wildman–Crippen LogP) is 3.36. The van der Waals surface area contributed by atoms with Gasteiger partial charge in [0, 0.05) is 16.9 Å². The molecule has 150 valence electrons. The number of nitrogens with one attached hydrogen (secondary N) is 1. The zero-order valence-electron chi connectivity index (χ0n) is 16.6. The molecule has 0 radical (unpaired) electrons. The van der Waals surface area contributed by atoms with Crippen LogP contribution in [0.5, 0.6) is 0 Å². The van der Waals surface area contributed by atoms with Crippen LogP contribution in [0.1, 0.15) is 48.0 Å². The van der Waals surface area contributed by atoms with Crippen molar-refractivity contribution in [1.29, 1.82) is 0 Å². The molecule has 1 aliphatic heterocycles. The lowest BCUT2D eigenvalue weighted by atomic mass is 9.87. The van der Waals surface area contributed by atoms with Gasteiger partial charge in [-0.1, -0.05) is 24.1 Å². The summed E-state index contributed by atoms with van der Waals surface area (Å²) in [6.45, 7) is 1.99. The van der Waals surface area contributed by atoms with Gasteiger partial charge < -0.3 is 16.8 Å². The Kier molecular flexibility index (Phi) is 4.96. The second kappa shape index (κ2) is 7.58. The highest BCUT2D eigenvalue weighted by atomic mass is 16.1. The van der Waals surface area contributed by atoms with E-state index in [-0.39, 0.29) is 11.9 Å². The maximum absolute atomic E-state index is 12.5. The molecule has 4 rings (SSSR count). The topological polar surface area (TPSA) is 109 Å². The highest BCUT2D eigenvalue weighted by Crippen LogP contribution is 2.39. The van der Waals surface area contributed by atoms with Gasteiger partial charge in [0.25, 0.3) is 5.91 Å². The van der Waals surface area contributed by atoms with Gasteiger partial charge in [0.2, 0.25) is 11.9 Å². The standard InChI is InChI=1S/C22H26N6O/c1-15-5-7-16(8-6-15)19(29)25-17-9-11-18(12-10-17)28-21(24)26-20(23)27-22(28)13-3-2-4-14-22/h5-12H,2-4,13-14H2,1H3,(H,25,29)(H4,23,24,26,27). The minimum Gasteiger partial charge on any atom is -0.369 e. The summed E-state index contributed by atoms with van der Waals surface area (Å²) in [5.74, 6) is 0.455. The molecule has 2 aromatic rings. The molecule has 1 fully saturated rings. The normalized spacial score (nSPS) is 18.2. The summed E-state index contributed by atoms with van der Waals surface area (Å²) < 4.78 is 0. The number of carbonyl (C=O) groups excluding carboxylic acids is 1. The summed E-state index contributed by atoms with van der Waals surface area (Å²) in [7, 11) is 0. The zero-order chi connectivity index (χ0) is 20.4. The molecule has 0 bridgehead atoms. The SMILES string of the molecule is Cc1ccc(C(=O)Nc2ccc(N3C(N)=NC(N)=NC34CCCCC4)cc2)cc1. The first kappa shape index (κ1) is 19.0. The van der Waals surface area contributed by atoms with E-state index in [0.29, 0.717) is 17.2 Å². The summed E-state index contributed by atoms with van der Waals surface area (Å²) in [4.78, 5) is 23.3. The third-order valence-electron chi connectivity index (χ3n) is 5.55. The summed E-state index contributed by atoms with van der Waals surface area (Å²) in [5.41, 5.74) is 15.1. The molecule has 29 heavy (non-hydrogen) atoms. The minimum atomic E-state index is -0.471. The first-order chi connectivity index (χ1) is 14.0. The van der Waals surface area contributed by atoms with Crippen LogP contribution in [0.2, 0.25) is 0 Å².